The van der Waals surface area contributed by atoms with E-state index in [9.17, 15) is 33.6 Å². The Labute approximate surface area is 481 Å². The molecule has 19 heteroatoms. The molecule has 3 radical (unpaired) electrons. The van der Waals surface area contributed by atoms with Gasteiger partial charge in [0, 0.05) is 78.2 Å². The molecular formula is C58H86BN5NaO12. The van der Waals surface area contributed by atoms with Gasteiger partial charge >= 0.3 is 47.6 Å². The van der Waals surface area contributed by atoms with Crippen molar-refractivity contribution in [2.24, 2.45) is 10.8 Å². The molecule has 2 spiro atoms. The zero-order valence-corrected chi connectivity index (χ0v) is 49.9. The molecule has 8 rings (SSSR count). The number of rotatable bonds is 9. The minimum absolute atomic E-state index is 0. The Morgan fingerprint density at radius 3 is 1.45 bits per heavy atom. The van der Waals surface area contributed by atoms with Crippen LogP contribution in [0.5, 0.6) is 0 Å². The van der Waals surface area contributed by atoms with Gasteiger partial charge in [0.25, 0.3) is 0 Å². The summed E-state index contributed by atoms with van der Waals surface area (Å²) >= 11 is 0. The normalized spacial score (nSPS) is 20.6. The van der Waals surface area contributed by atoms with Crippen LogP contribution >= 0.6 is 0 Å². The van der Waals surface area contributed by atoms with E-state index in [2.05, 4.69) is 105 Å². The van der Waals surface area contributed by atoms with Gasteiger partial charge in [-0.05, 0) is 131 Å². The van der Waals surface area contributed by atoms with E-state index < -0.39 is 17.9 Å². The molecular weight excluding hydrogens is 992 g/mol. The molecule has 17 nitrogen and oxygen atoms in total. The van der Waals surface area contributed by atoms with Crippen LogP contribution in [0.3, 0.4) is 0 Å². The second kappa shape index (κ2) is 31.6. The van der Waals surface area contributed by atoms with Gasteiger partial charge in [-0.2, -0.15) is 0 Å². The van der Waals surface area contributed by atoms with E-state index in [0.29, 0.717) is 18.6 Å². The van der Waals surface area contributed by atoms with Crippen molar-refractivity contribution in [2.75, 3.05) is 59.0 Å². The van der Waals surface area contributed by atoms with Crippen LogP contribution in [0.1, 0.15) is 180 Å². The number of likely N-dealkylation sites (tertiary alicyclic amines) is 3. The SMILES string of the molecule is C=C(OCC)N1CCC(C)(C=O)CC1.CC(=O)N[C@H]1CC2(CCCCC2)c2ccccc21.CC(=O)OOC(C)=O.CCOC(=O)N1CCC(C)(CN2CCC3(CC2)C[C@H](NC(C)=O)c2ccccc23)CC1.[B-]OC(C)=O.[Na+]. The molecule has 2 aromatic carbocycles. The van der Waals surface area contributed by atoms with Crippen LogP contribution in [0.15, 0.2) is 61.0 Å². The number of amides is 3. The number of nitrogens with one attached hydrogen (secondary N) is 2. The van der Waals surface area contributed by atoms with Crippen LogP contribution < -0.4 is 40.2 Å². The summed E-state index contributed by atoms with van der Waals surface area (Å²) in [6.45, 7) is 26.5. The molecule has 3 aliphatic heterocycles. The van der Waals surface area contributed by atoms with Crippen molar-refractivity contribution in [2.45, 2.75) is 169 Å². The number of benzene rings is 2. The molecule has 0 bridgehead atoms. The first kappa shape index (κ1) is 66.4. The number of hydrogen-bond donors (Lipinski definition) is 2. The number of nitrogens with zero attached hydrogens (tertiary/aromatic N) is 3. The quantitative estimate of drug-likeness (QED) is 0.101. The van der Waals surface area contributed by atoms with Gasteiger partial charge < -0.3 is 52.3 Å². The molecule has 4 fully saturated rings. The molecule has 1 saturated carbocycles. The predicted molar refractivity (Wildman–Crippen MR) is 290 cm³/mol. The number of hydrogen-bond acceptors (Lipinski definition) is 14. The standard InChI is InChI=1S/C25H37N3O3.C16H21NO.C11H19NO2.C4H6O4.C2H3BO2.Na/c1-4-31-23(30)28-15-9-24(3,10-16-28)18-27-13-11-25(12-14-27)17-22(26-19(2)29)20-7-5-6-8-21(20)25;1-12(18)17-15-11-16(9-5-2-6-10-16)14-8-4-3-7-13(14)15;1-4-14-10(2)12-7-5-11(3,9-13)6-8-12;1-3(5)7-8-4(2)6;1-2(4)5-3;/h5-8,22H,4,9-18H2,1-3H3,(H,26,29);3-4,7-8,15H,2,5-6,9-11H2,1H3,(H,17,18);9H,2,4-8H2,1,3H3;1-2H3;1H3;/q;;;;-1;+1/t22-;15-;;;;/m00..../s1. The predicted octanol–water partition coefficient (Wildman–Crippen LogP) is 5.79. The fraction of sp³-hybridized carbons (Fsp3) is 0.638. The fourth-order valence-electron chi connectivity index (χ4n) is 11.8. The van der Waals surface area contributed by atoms with E-state index in [4.69, 9.17) is 9.47 Å². The minimum Gasteiger partial charge on any atom is -0.793 e. The summed E-state index contributed by atoms with van der Waals surface area (Å²) in [4.78, 5) is 89.3. The first-order valence-corrected chi connectivity index (χ1v) is 27.2. The molecule has 0 unspecified atom stereocenters. The number of ether oxygens (including phenoxy) is 2. The van der Waals surface area contributed by atoms with E-state index in [-0.39, 0.29) is 75.8 Å². The van der Waals surface area contributed by atoms with Crippen molar-refractivity contribution >= 4 is 50.2 Å². The molecule has 3 heterocycles. The smallest absolute Gasteiger partial charge is 0.793 e. The third-order valence-electron chi connectivity index (χ3n) is 15.8. The summed E-state index contributed by atoms with van der Waals surface area (Å²) in [5.41, 5.74) is 6.27. The fourth-order valence-corrected chi connectivity index (χ4v) is 11.8. The maximum absolute atomic E-state index is 12.0. The summed E-state index contributed by atoms with van der Waals surface area (Å²) in [7, 11) is 4.32. The third-order valence-corrected chi connectivity index (χ3v) is 15.8. The van der Waals surface area contributed by atoms with E-state index >= 15 is 0 Å². The van der Waals surface area contributed by atoms with Crippen LogP contribution in [-0.4, -0.2) is 124 Å². The largest absolute Gasteiger partial charge is 1.00 e. The summed E-state index contributed by atoms with van der Waals surface area (Å²) in [5, 5.41) is 6.31. The van der Waals surface area contributed by atoms with Crippen molar-refractivity contribution in [1.29, 1.82) is 0 Å². The first-order chi connectivity index (χ1) is 36.1. The van der Waals surface area contributed by atoms with Gasteiger partial charge in [-0.15, -0.1) is 0 Å². The van der Waals surface area contributed by atoms with Gasteiger partial charge in [0.05, 0.1) is 25.3 Å². The van der Waals surface area contributed by atoms with Gasteiger partial charge in [0.15, 0.2) is 5.88 Å². The Hall–Kier alpha value is -4.91. The number of carbonyl (C=O) groups is 7. The second-order valence-corrected chi connectivity index (χ2v) is 21.8. The van der Waals surface area contributed by atoms with Crippen LogP contribution in [0, 0.1) is 10.8 Å². The summed E-state index contributed by atoms with van der Waals surface area (Å²) in [6, 6.07) is 17.8. The molecule has 3 saturated heterocycles. The Morgan fingerprint density at radius 2 is 1.05 bits per heavy atom. The zero-order valence-electron chi connectivity index (χ0n) is 47.9. The van der Waals surface area contributed by atoms with Crippen LogP contribution in [-0.2, 0) is 63.5 Å². The molecule has 2 atom stereocenters. The minimum atomic E-state index is -0.639. The molecule has 77 heavy (non-hydrogen) atoms. The topological polar surface area (TPSA) is 199 Å². The van der Waals surface area contributed by atoms with E-state index in [0.717, 1.165) is 123 Å². The van der Waals surface area contributed by atoms with Crippen molar-refractivity contribution in [3.63, 3.8) is 0 Å². The van der Waals surface area contributed by atoms with Gasteiger partial charge in [0.1, 0.15) is 6.29 Å². The number of carbonyl (C=O) groups excluding carboxylic acids is 7. The van der Waals surface area contributed by atoms with Crippen LogP contribution in [0.25, 0.3) is 0 Å². The molecule has 0 aromatic heterocycles. The average molecular weight is 1080 g/mol. The summed E-state index contributed by atoms with van der Waals surface area (Å²) in [5.74, 6) is -0.870. The molecule has 2 aromatic rings. The van der Waals surface area contributed by atoms with Gasteiger partial charge in [0.2, 0.25) is 17.8 Å². The Bertz CT molecular complexity index is 2260. The molecule has 419 valence electrons. The Kier molecular flexibility index (Phi) is 27.3. The van der Waals surface area contributed by atoms with Crippen LogP contribution in [0.4, 0.5) is 4.79 Å². The van der Waals surface area contributed by atoms with Gasteiger partial charge in [-0.3, -0.25) is 14.4 Å². The first-order valence-electron chi connectivity index (χ1n) is 27.2. The number of aldehydes is 1. The molecule has 6 aliphatic rings. The average Bonchev–Trinajstić information content (AvgIpc) is 3.90. The van der Waals surface area contributed by atoms with Crippen LogP contribution in [0.2, 0.25) is 0 Å². The molecule has 2 N–H and O–H groups in total. The van der Waals surface area contributed by atoms with Crippen molar-refractivity contribution < 1.29 is 87.0 Å². The number of fused-ring (bicyclic) bond motifs is 4. The third kappa shape index (κ3) is 20.1. The zero-order chi connectivity index (χ0) is 56.1. The Balaban J connectivity index is 0.000000288. The molecule has 3 amide bonds. The summed E-state index contributed by atoms with van der Waals surface area (Å²) in [6.07, 6.45) is 15.8. The van der Waals surface area contributed by atoms with Crippen molar-refractivity contribution in [3.8, 4) is 0 Å². The number of piperidine rings is 3. The second-order valence-electron chi connectivity index (χ2n) is 21.8. The monoisotopic (exact) mass is 1080 g/mol. The van der Waals surface area contributed by atoms with E-state index in [1.807, 2.05) is 25.7 Å². The van der Waals surface area contributed by atoms with Gasteiger partial charge in [-0.1, -0.05) is 81.6 Å². The maximum atomic E-state index is 12.0. The van der Waals surface area contributed by atoms with Gasteiger partial charge in [-0.25, -0.2) is 24.2 Å². The van der Waals surface area contributed by atoms with E-state index in [1.165, 1.54) is 61.3 Å². The van der Waals surface area contributed by atoms with Crippen molar-refractivity contribution in [3.05, 3.63) is 83.2 Å². The molecule has 3 aliphatic carbocycles. The van der Waals surface area contributed by atoms with E-state index in [1.54, 1.807) is 13.8 Å². The maximum Gasteiger partial charge on any atom is 1.00 e. The summed E-state index contributed by atoms with van der Waals surface area (Å²) < 4.78 is 14.1. The Morgan fingerprint density at radius 1 is 0.623 bits per heavy atom. The van der Waals surface area contributed by atoms with Crippen molar-refractivity contribution in [1.82, 2.24) is 25.3 Å².